The number of unbranched alkanes of at least 4 members (excludes halogenated alkanes) is 4. The molecule has 0 bridgehead atoms. The van der Waals surface area contributed by atoms with Crippen molar-refractivity contribution in [2.45, 2.75) is 95.0 Å². The fourth-order valence-electron chi connectivity index (χ4n) is 5.27. The van der Waals surface area contributed by atoms with Crippen molar-refractivity contribution in [3.63, 3.8) is 0 Å². The number of nitrogens with zero attached hydrogens (tertiary/aromatic N) is 3. The number of ether oxygens (including phenoxy) is 2. The SMILES string of the molecule is CCCCCCCC(=O)OCOP(=O)(O)CS(=O)(=O)C[C@H]1O[C@@H](n2ccc3c(NC4CC(F)C4)c(C#N)c(Cl)nc32)[C@H](O)[C@@H]1O. The van der Waals surface area contributed by atoms with Crippen LogP contribution in [0.1, 0.15) is 70.1 Å². The second-order valence-corrected chi connectivity index (χ2v) is 16.0. The number of pyridine rings is 1. The van der Waals surface area contributed by atoms with Crippen molar-refractivity contribution in [3.8, 4) is 6.07 Å². The van der Waals surface area contributed by atoms with Crippen molar-refractivity contribution in [2.24, 2.45) is 0 Å². The maximum Gasteiger partial charge on any atom is 0.346 e. The quantitative estimate of drug-likeness (QED) is 0.0652. The number of hydrogen-bond acceptors (Lipinski definition) is 12. The summed E-state index contributed by atoms with van der Waals surface area (Å²) in [6, 6.07) is 3.29. The number of halogens is 2. The molecule has 3 heterocycles. The summed E-state index contributed by atoms with van der Waals surface area (Å²) in [6.07, 6.45) is -0.672. The molecule has 14 nitrogen and oxygen atoms in total. The Bertz CT molecular complexity index is 1560. The molecule has 1 aliphatic carbocycles. The van der Waals surface area contributed by atoms with Crippen LogP contribution in [0.3, 0.4) is 0 Å². The number of aliphatic hydroxyl groups excluding tert-OH is 2. The number of nitriles is 1. The van der Waals surface area contributed by atoms with E-state index in [1.807, 2.05) is 6.07 Å². The monoisotopic (exact) mass is 694 g/mol. The number of aromatic nitrogens is 2. The molecular formula is C27H37ClFN4O10PS. The maximum atomic E-state index is 13.4. The average Bonchev–Trinajstić information content (AvgIpc) is 3.46. The predicted molar refractivity (Wildman–Crippen MR) is 161 cm³/mol. The molecule has 2 fully saturated rings. The summed E-state index contributed by atoms with van der Waals surface area (Å²) in [5.41, 5.74) is -0.861. The Hall–Kier alpha value is -2.35. The van der Waals surface area contributed by atoms with Crippen LogP contribution in [-0.4, -0.2) is 87.6 Å². The summed E-state index contributed by atoms with van der Waals surface area (Å²) in [5, 5.41) is 34.4. The van der Waals surface area contributed by atoms with E-state index in [1.54, 1.807) is 6.07 Å². The molecule has 0 amide bonds. The number of rotatable bonds is 16. The Labute approximate surface area is 264 Å². The Morgan fingerprint density at radius 2 is 2.00 bits per heavy atom. The highest BCUT2D eigenvalue weighted by molar-refractivity contribution is 7.97. The third-order valence-corrected chi connectivity index (χ3v) is 12.2. The largest absolute Gasteiger partial charge is 0.438 e. The second-order valence-electron chi connectivity index (χ2n) is 11.3. The smallest absolute Gasteiger partial charge is 0.346 e. The van der Waals surface area contributed by atoms with E-state index in [-0.39, 0.29) is 41.7 Å². The highest BCUT2D eigenvalue weighted by Crippen LogP contribution is 2.44. The Morgan fingerprint density at radius 3 is 2.67 bits per heavy atom. The second kappa shape index (κ2) is 15.0. The van der Waals surface area contributed by atoms with E-state index in [4.69, 9.17) is 21.1 Å². The maximum absolute atomic E-state index is 13.4. The highest BCUT2D eigenvalue weighted by atomic mass is 35.5. The van der Waals surface area contributed by atoms with E-state index in [9.17, 15) is 42.5 Å². The van der Waals surface area contributed by atoms with Gasteiger partial charge in [-0.15, -0.1) is 0 Å². The first-order valence-electron chi connectivity index (χ1n) is 14.6. The number of aliphatic hydroxyl groups is 2. The summed E-state index contributed by atoms with van der Waals surface area (Å²) < 4.78 is 67.9. The van der Waals surface area contributed by atoms with Gasteiger partial charge in [-0.05, 0) is 25.3 Å². The lowest BCUT2D eigenvalue weighted by Crippen LogP contribution is -2.36. The zero-order valence-corrected chi connectivity index (χ0v) is 27.0. The zero-order valence-electron chi connectivity index (χ0n) is 24.5. The van der Waals surface area contributed by atoms with Crippen molar-refractivity contribution in [3.05, 3.63) is 23.0 Å². The van der Waals surface area contributed by atoms with Gasteiger partial charge in [-0.25, -0.2) is 17.8 Å². The number of carbonyl (C=O) groups is 1. The highest BCUT2D eigenvalue weighted by Gasteiger charge is 2.47. The van der Waals surface area contributed by atoms with Crippen molar-refractivity contribution in [2.75, 3.05) is 23.4 Å². The van der Waals surface area contributed by atoms with E-state index in [0.29, 0.717) is 17.5 Å². The number of sulfone groups is 1. The molecule has 2 aliphatic rings. The van der Waals surface area contributed by atoms with Crippen molar-refractivity contribution >= 4 is 51.7 Å². The van der Waals surface area contributed by atoms with Gasteiger partial charge in [0.1, 0.15) is 41.8 Å². The molecule has 2 aromatic rings. The molecule has 250 valence electrons. The molecule has 4 N–H and O–H groups in total. The van der Waals surface area contributed by atoms with Crippen LogP contribution in [0, 0.1) is 11.3 Å². The predicted octanol–water partition coefficient (Wildman–Crippen LogP) is 3.53. The van der Waals surface area contributed by atoms with Crippen LogP contribution >= 0.6 is 19.2 Å². The first kappa shape index (κ1) is 35.5. The molecule has 1 aliphatic heterocycles. The third-order valence-electron chi connectivity index (χ3n) is 7.71. The van der Waals surface area contributed by atoms with Gasteiger partial charge in [0, 0.05) is 24.0 Å². The van der Waals surface area contributed by atoms with E-state index in [2.05, 4.69) is 21.7 Å². The molecule has 45 heavy (non-hydrogen) atoms. The number of nitrogens with one attached hydrogen (secondary N) is 1. The van der Waals surface area contributed by atoms with E-state index in [1.165, 1.54) is 10.8 Å². The van der Waals surface area contributed by atoms with Gasteiger partial charge in [0.2, 0.25) is 6.79 Å². The van der Waals surface area contributed by atoms with Crippen LogP contribution in [0.15, 0.2) is 12.3 Å². The lowest BCUT2D eigenvalue weighted by Gasteiger charge is -2.31. The molecule has 2 aromatic heterocycles. The minimum atomic E-state index is -4.78. The molecule has 4 rings (SSSR count). The fourth-order valence-corrected chi connectivity index (χ4v) is 9.19. The average molecular weight is 695 g/mol. The van der Waals surface area contributed by atoms with Gasteiger partial charge in [-0.3, -0.25) is 13.9 Å². The number of carbonyl (C=O) groups excluding carboxylic acids is 1. The van der Waals surface area contributed by atoms with Gasteiger partial charge >= 0.3 is 13.6 Å². The molecule has 0 spiro atoms. The molecule has 1 saturated carbocycles. The van der Waals surface area contributed by atoms with Crippen molar-refractivity contribution in [1.82, 2.24) is 9.55 Å². The van der Waals surface area contributed by atoms with E-state index >= 15 is 0 Å². The minimum Gasteiger partial charge on any atom is -0.438 e. The summed E-state index contributed by atoms with van der Waals surface area (Å²) in [6.45, 7) is 1.15. The molecular weight excluding hydrogens is 658 g/mol. The molecule has 0 aromatic carbocycles. The topological polar surface area (TPSA) is 210 Å². The summed E-state index contributed by atoms with van der Waals surface area (Å²) in [5.74, 6) is -1.59. The van der Waals surface area contributed by atoms with Gasteiger partial charge in [0.05, 0.1) is 11.4 Å². The first-order valence-corrected chi connectivity index (χ1v) is 18.6. The molecule has 1 unspecified atom stereocenters. The number of esters is 1. The van der Waals surface area contributed by atoms with Crippen molar-refractivity contribution < 1.29 is 51.3 Å². The van der Waals surface area contributed by atoms with Crippen LogP contribution in [0.2, 0.25) is 5.15 Å². The Morgan fingerprint density at radius 1 is 1.29 bits per heavy atom. The summed E-state index contributed by atoms with van der Waals surface area (Å²) >= 11 is 6.27. The Balaban J connectivity index is 1.38. The van der Waals surface area contributed by atoms with Crippen molar-refractivity contribution in [1.29, 1.82) is 5.26 Å². The fraction of sp³-hybridized carbons (Fsp3) is 0.667. The van der Waals surface area contributed by atoms with Gasteiger partial charge < -0.3 is 34.5 Å². The lowest BCUT2D eigenvalue weighted by molar-refractivity contribution is -0.150. The van der Waals surface area contributed by atoms with Crippen LogP contribution in [0.4, 0.5) is 10.1 Å². The lowest BCUT2D eigenvalue weighted by atomic mass is 9.90. The normalized spacial score (nSPS) is 26.2. The van der Waals surface area contributed by atoms with Gasteiger partial charge in [0.25, 0.3) is 0 Å². The van der Waals surface area contributed by atoms with E-state index < -0.39 is 72.2 Å². The van der Waals surface area contributed by atoms with Crippen LogP contribution in [-0.2, 0) is 33.2 Å². The molecule has 1 saturated heterocycles. The zero-order chi connectivity index (χ0) is 32.9. The van der Waals surface area contributed by atoms with Gasteiger partial charge in [-0.1, -0.05) is 44.2 Å². The number of anilines is 1. The first-order chi connectivity index (χ1) is 21.2. The molecule has 18 heteroatoms. The number of hydrogen-bond donors (Lipinski definition) is 4. The van der Waals surface area contributed by atoms with E-state index in [0.717, 1.165) is 25.7 Å². The third kappa shape index (κ3) is 8.93. The van der Waals surface area contributed by atoms with Gasteiger partial charge in [-0.2, -0.15) is 5.26 Å². The minimum absolute atomic E-state index is 0.0361. The van der Waals surface area contributed by atoms with Gasteiger partial charge in [0.15, 0.2) is 26.7 Å². The number of fused-ring (bicyclic) bond motifs is 1. The molecule has 0 radical (unpaired) electrons. The van der Waals surface area contributed by atoms with Crippen LogP contribution < -0.4 is 5.32 Å². The van der Waals surface area contributed by atoms with Crippen LogP contribution in [0.25, 0.3) is 11.0 Å². The number of alkyl halides is 1. The standard InChI is InChI=1S/C27H37ClFN4O10PS/c1-2-3-4-5-6-7-21(34)41-14-42-44(37,38)15-45(39,40)13-20-23(35)24(36)27(43-20)33-9-8-18-22(31-17-10-16(29)11-17)19(12-30)25(28)32-26(18)33/h8-9,16-17,20,23-24,27,35-36H,2-7,10-11,13-15H2,1H3,(H,31,32)(H,37,38)/t16?,17?,20-,23-,24-,27-/m1/s1. The summed E-state index contributed by atoms with van der Waals surface area (Å²) in [4.78, 5) is 26.1. The summed E-state index contributed by atoms with van der Waals surface area (Å²) in [7, 11) is -9.20. The molecule has 5 atom stereocenters. The van der Waals surface area contributed by atoms with Crippen LogP contribution in [0.5, 0.6) is 0 Å². The Kier molecular flexibility index (Phi) is 11.9.